The molecule has 0 aliphatic carbocycles. The van der Waals surface area contributed by atoms with Crippen molar-refractivity contribution in [3.05, 3.63) is 35.1 Å². The monoisotopic (exact) mass is 209 g/mol. The van der Waals surface area contributed by atoms with Crippen molar-refractivity contribution in [3.8, 4) is 0 Å². The van der Waals surface area contributed by atoms with Crippen molar-refractivity contribution in [2.75, 3.05) is 13.1 Å². The summed E-state index contributed by atoms with van der Waals surface area (Å²) in [5.74, 6) is -0.237. The van der Waals surface area contributed by atoms with Crippen LogP contribution in [-0.4, -0.2) is 18.2 Å². The molecular formula is C12H16FNO. The predicted molar refractivity (Wildman–Crippen MR) is 57.1 cm³/mol. The minimum absolute atomic E-state index is 0.237. The fourth-order valence-corrected chi connectivity index (χ4v) is 2.01. The Bertz CT molecular complexity index is 359. The molecule has 0 aromatic heterocycles. The van der Waals surface area contributed by atoms with E-state index in [-0.39, 0.29) is 5.82 Å². The largest absolute Gasteiger partial charge is 0.385 e. The number of benzene rings is 1. The van der Waals surface area contributed by atoms with E-state index < -0.39 is 5.60 Å². The van der Waals surface area contributed by atoms with Gasteiger partial charge < -0.3 is 10.4 Å². The standard InChI is InChI=1S/C12H16FNO/c1-9-2-3-10(8-11(9)13)12(15)4-6-14-7-5-12/h2-3,8,14-15H,4-7H2,1H3. The molecule has 1 aromatic carbocycles. The van der Waals surface area contributed by atoms with Crippen LogP contribution in [0.25, 0.3) is 0 Å². The Morgan fingerprint density at radius 2 is 2.00 bits per heavy atom. The Morgan fingerprint density at radius 1 is 1.33 bits per heavy atom. The van der Waals surface area contributed by atoms with Crippen LogP contribution in [0.1, 0.15) is 24.0 Å². The summed E-state index contributed by atoms with van der Waals surface area (Å²) >= 11 is 0. The topological polar surface area (TPSA) is 32.3 Å². The SMILES string of the molecule is Cc1ccc(C2(O)CCNCC2)cc1F. The Kier molecular flexibility index (Phi) is 2.76. The minimum atomic E-state index is -0.847. The molecule has 1 aliphatic heterocycles. The molecular weight excluding hydrogens is 193 g/mol. The molecule has 0 unspecified atom stereocenters. The quantitative estimate of drug-likeness (QED) is 0.738. The third-order valence-electron chi connectivity index (χ3n) is 3.14. The van der Waals surface area contributed by atoms with E-state index in [9.17, 15) is 9.50 Å². The van der Waals surface area contributed by atoms with Crippen LogP contribution < -0.4 is 5.32 Å². The second kappa shape index (κ2) is 3.91. The molecule has 1 fully saturated rings. The van der Waals surface area contributed by atoms with E-state index in [4.69, 9.17) is 0 Å². The molecule has 2 N–H and O–H groups in total. The normalized spacial score (nSPS) is 20.2. The van der Waals surface area contributed by atoms with Crippen LogP contribution in [0.4, 0.5) is 4.39 Å². The smallest absolute Gasteiger partial charge is 0.126 e. The van der Waals surface area contributed by atoms with E-state index in [0.717, 1.165) is 13.1 Å². The van der Waals surface area contributed by atoms with E-state index >= 15 is 0 Å². The van der Waals surface area contributed by atoms with Gasteiger partial charge in [0.15, 0.2) is 0 Å². The first-order chi connectivity index (χ1) is 7.12. The van der Waals surface area contributed by atoms with Crippen molar-refractivity contribution in [1.29, 1.82) is 0 Å². The zero-order chi connectivity index (χ0) is 10.9. The van der Waals surface area contributed by atoms with Gasteiger partial charge in [0.1, 0.15) is 5.82 Å². The molecule has 0 saturated carbocycles. The molecule has 0 radical (unpaired) electrons. The average molecular weight is 209 g/mol. The average Bonchev–Trinajstić information content (AvgIpc) is 2.23. The molecule has 15 heavy (non-hydrogen) atoms. The van der Waals surface area contributed by atoms with Gasteiger partial charge in [-0.05, 0) is 50.0 Å². The number of rotatable bonds is 1. The molecule has 82 valence electrons. The van der Waals surface area contributed by atoms with E-state index in [0.29, 0.717) is 24.0 Å². The number of hydrogen-bond donors (Lipinski definition) is 2. The Balaban J connectivity index is 2.31. The zero-order valence-electron chi connectivity index (χ0n) is 8.89. The van der Waals surface area contributed by atoms with Crippen LogP contribution >= 0.6 is 0 Å². The summed E-state index contributed by atoms with van der Waals surface area (Å²) in [6.45, 7) is 3.30. The van der Waals surface area contributed by atoms with Gasteiger partial charge in [0.2, 0.25) is 0 Å². The van der Waals surface area contributed by atoms with Crippen LogP contribution in [0, 0.1) is 12.7 Å². The number of piperidine rings is 1. The van der Waals surface area contributed by atoms with E-state index in [1.54, 1.807) is 13.0 Å². The lowest BCUT2D eigenvalue weighted by atomic mass is 9.85. The summed E-state index contributed by atoms with van der Waals surface area (Å²) < 4.78 is 13.4. The van der Waals surface area contributed by atoms with Crippen molar-refractivity contribution in [2.45, 2.75) is 25.4 Å². The highest BCUT2D eigenvalue weighted by Gasteiger charge is 2.31. The van der Waals surface area contributed by atoms with Crippen molar-refractivity contribution in [1.82, 2.24) is 5.32 Å². The van der Waals surface area contributed by atoms with Crippen LogP contribution in [0.3, 0.4) is 0 Å². The van der Waals surface area contributed by atoms with Crippen molar-refractivity contribution in [2.24, 2.45) is 0 Å². The third kappa shape index (κ3) is 2.03. The van der Waals surface area contributed by atoms with E-state index in [1.165, 1.54) is 6.07 Å². The molecule has 0 amide bonds. The highest BCUT2D eigenvalue weighted by atomic mass is 19.1. The first kappa shape index (κ1) is 10.6. The molecule has 1 heterocycles. The number of aliphatic hydroxyl groups is 1. The lowest BCUT2D eigenvalue weighted by molar-refractivity contribution is 0.00566. The molecule has 2 nitrogen and oxygen atoms in total. The van der Waals surface area contributed by atoms with E-state index in [2.05, 4.69) is 5.32 Å². The first-order valence-electron chi connectivity index (χ1n) is 5.31. The van der Waals surface area contributed by atoms with Crippen LogP contribution in [0.5, 0.6) is 0 Å². The number of hydrogen-bond acceptors (Lipinski definition) is 2. The molecule has 0 atom stereocenters. The van der Waals surface area contributed by atoms with Gasteiger partial charge in [-0.15, -0.1) is 0 Å². The molecule has 3 heteroatoms. The number of aryl methyl sites for hydroxylation is 1. The maximum absolute atomic E-state index is 13.4. The summed E-state index contributed by atoms with van der Waals surface area (Å²) in [5.41, 5.74) is 0.475. The Morgan fingerprint density at radius 3 is 2.60 bits per heavy atom. The second-order valence-corrected chi connectivity index (χ2v) is 4.25. The predicted octanol–water partition coefficient (Wildman–Crippen LogP) is 1.71. The van der Waals surface area contributed by atoms with Crippen molar-refractivity contribution < 1.29 is 9.50 Å². The summed E-state index contributed by atoms with van der Waals surface area (Å²) in [4.78, 5) is 0. The Labute approximate surface area is 89.1 Å². The second-order valence-electron chi connectivity index (χ2n) is 4.25. The molecule has 0 spiro atoms. The molecule has 2 rings (SSSR count). The van der Waals surface area contributed by atoms with Crippen molar-refractivity contribution >= 4 is 0 Å². The van der Waals surface area contributed by atoms with Crippen LogP contribution in [-0.2, 0) is 5.60 Å². The highest BCUT2D eigenvalue weighted by Crippen LogP contribution is 2.31. The Hall–Kier alpha value is -0.930. The minimum Gasteiger partial charge on any atom is -0.385 e. The maximum atomic E-state index is 13.4. The van der Waals surface area contributed by atoms with Gasteiger partial charge in [-0.2, -0.15) is 0 Å². The number of halogens is 1. The molecule has 1 saturated heterocycles. The maximum Gasteiger partial charge on any atom is 0.126 e. The highest BCUT2D eigenvalue weighted by molar-refractivity contribution is 5.28. The number of nitrogens with one attached hydrogen (secondary N) is 1. The van der Waals surface area contributed by atoms with Gasteiger partial charge in [-0.25, -0.2) is 4.39 Å². The van der Waals surface area contributed by atoms with Gasteiger partial charge >= 0.3 is 0 Å². The lowest BCUT2D eigenvalue weighted by Crippen LogP contribution is -2.39. The fourth-order valence-electron chi connectivity index (χ4n) is 2.01. The van der Waals surface area contributed by atoms with Gasteiger partial charge in [0, 0.05) is 0 Å². The lowest BCUT2D eigenvalue weighted by Gasteiger charge is -2.33. The van der Waals surface area contributed by atoms with Gasteiger partial charge in [-0.1, -0.05) is 12.1 Å². The first-order valence-corrected chi connectivity index (χ1v) is 5.31. The van der Waals surface area contributed by atoms with Gasteiger partial charge in [0.25, 0.3) is 0 Å². The van der Waals surface area contributed by atoms with E-state index in [1.807, 2.05) is 6.07 Å². The fraction of sp³-hybridized carbons (Fsp3) is 0.500. The summed E-state index contributed by atoms with van der Waals surface area (Å²) in [6, 6.07) is 5.01. The van der Waals surface area contributed by atoms with Crippen LogP contribution in [0.2, 0.25) is 0 Å². The zero-order valence-corrected chi connectivity index (χ0v) is 8.89. The van der Waals surface area contributed by atoms with Gasteiger partial charge in [-0.3, -0.25) is 0 Å². The third-order valence-corrected chi connectivity index (χ3v) is 3.14. The molecule has 0 bridgehead atoms. The summed E-state index contributed by atoms with van der Waals surface area (Å²) in [5, 5.41) is 13.5. The van der Waals surface area contributed by atoms with Gasteiger partial charge in [0.05, 0.1) is 5.60 Å². The summed E-state index contributed by atoms with van der Waals surface area (Å²) in [7, 11) is 0. The van der Waals surface area contributed by atoms with Crippen LogP contribution in [0.15, 0.2) is 18.2 Å². The summed E-state index contributed by atoms with van der Waals surface area (Å²) in [6.07, 6.45) is 1.30. The molecule has 1 aliphatic rings. The molecule has 1 aromatic rings. The van der Waals surface area contributed by atoms with Crippen molar-refractivity contribution in [3.63, 3.8) is 0 Å².